The van der Waals surface area contributed by atoms with Crippen LogP contribution in [0.1, 0.15) is 41.4 Å². The van der Waals surface area contributed by atoms with E-state index in [1.54, 1.807) is 43.0 Å². The summed E-state index contributed by atoms with van der Waals surface area (Å²) in [5, 5.41) is 2.76. The van der Waals surface area contributed by atoms with Gasteiger partial charge in [-0.1, -0.05) is 18.2 Å². The van der Waals surface area contributed by atoms with Gasteiger partial charge in [-0.25, -0.2) is 9.59 Å². The standard InChI is InChI=1S/C29H33F3N4O5/c1-4-36-23(18-34-13-15-35(16-14-34)26(37)20-7-6-8-22(17-20)40-3)24(27(38)41-5-2)25(33-28(36)39)19-9-11-21(12-10-19)29(30,31)32/h6-12,17,25H,4-5,13-16,18H2,1-3H3,(H,33,39). The summed E-state index contributed by atoms with van der Waals surface area (Å²) in [5.41, 5.74) is 0.610. The molecule has 1 unspecified atom stereocenters. The monoisotopic (exact) mass is 574 g/mol. The zero-order valence-electron chi connectivity index (χ0n) is 23.2. The van der Waals surface area contributed by atoms with Crippen molar-refractivity contribution < 1.29 is 37.0 Å². The zero-order chi connectivity index (χ0) is 29.7. The molecule has 0 saturated carbocycles. The highest BCUT2D eigenvalue weighted by Crippen LogP contribution is 2.35. The Morgan fingerprint density at radius 3 is 2.29 bits per heavy atom. The topological polar surface area (TPSA) is 91.4 Å². The first-order valence-electron chi connectivity index (χ1n) is 13.4. The first-order valence-corrected chi connectivity index (χ1v) is 13.4. The number of halogens is 3. The maximum Gasteiger partial charge on any atom is 0.416 e. The second-order valence-electron chi connectivity index (χ2n) is 9.63. The minimum absolute atomic E-state index is 0.0838. The van der Waals surface area contributed by atoms with Crippen LogP contribution in [0.3, 0.4) is 0 Å². The summed E-state index contributed by atoms with van der Waals surface area (Å²) in [5.74, 6) is -0.187. The molecule has 1 fully saturated rings. The van der Waals surface area contributed by atoms with E-state index in [4.69, 9.17) is 9.47 Å². The van der Waals surface area contributed by atoms with Gasteiger partial charge in [0, 0.05) is 50.5 Å². The Labute approximate surface area is 236 Å². The van der Waals surface area contributed by atoms with Gasteiger partial charge in [0.2, 0.25) is 0 Å². The molecule has 2 aromatic carbocycles. The Balaban J connectivity index is 1.60. The van der Waals surface area contributed by atoms with Crippen LogP contribution in [0.15, 0.2) is 59.8 Å². The van der Waals surface area contributed by atoms with E-state index in [1.807, 2.05) is 4.90 Å². The highest BCUT2D eigenvalue weighted by Gasteiger charge is 2.39. The first kappa shape index (κ1) is 29.9. The van der Waals surface area contributed by atoms with Gasteiger partial charge in [-0.3, -0.25) is 14.6 Å². The fraction of sp³-hybridized carbons (Fsp3) is 0.414. The van der Waals surface area contributed by atoms with Gasteiger partial charge >= 0.3 is 18.2 Å². The molecular formula is C29H33F3N4O5. The first-order chi connectivity index (χ1) is 19.6. The molecular weight excluding hydrogens is 541 g/mol. The fourth-order valence-electron chi connectivity index (χ4n) is 5.03. The van der Waals surface area contributed by atoms with Gasteiger partial charge in [-0.05, 0) is 49.7 Å². The van der Waals surface area contributed by atoms with Crippen LogP contribution < -0.4 is 10.1 Å². The molecule has 2 aliphatic heterocycles. The van der Waals surface area contributed by atoms with Crippen LogP contribution in [-0.4, -0.2) is 85.6 Å². The Hall–Kier alpha value is -4.06. The van der Waals surface area contributed by atoms with E-state index in [2.05, 4.69) is 5.32 Å². The zero-order valence-corrected chi connectivity index (χ0v) is 23.2. The lowest BCUT2D eigenvalue weighted by molar-refractivity contribution is -0.139. The molecule has 4 rings (SSSR count). The minimum atomic E-state index is -4.52. The van der Waals surface area contributed by atoms with Gasteiger partial charge < -0.3 is 19.7 Å². The number of carbonyl (C=O) groups excluding carboxylic acids is 3. The lowest BCUT2D eigenvalue weighted by Gasteiger charge is -2.40. The summed E-state index contributed by atoms with van der Waals surface area (Å²) in [4.78, 5) is 44.7. The lowest BCUT2D eigenvalue weighted by Crippen LogP contribution is -2.53. The van der Waals surface area contributed by atoms with Crippen LogP contribution in [0, 0.1) is 0 Å². The van der Waals surface area contributed by atoms with Crippen LogP contribution in [0.25, 0.3) is 0 Å². The highest BCUT2D eigenvalue weighted by molar-refractivity contribution is 5.95. The third kappa shape index (κ3) is 6.64. The Kier molecular flexibility index (Phi) is 9.21. The number of likely N-dealkylation sites (N-methyl/N-ethyl adjacent to an activating group) is 1. The minimum Gasteiger partial charge on any atom is -0.497 e. The number of alkyl halides is 3. The number of benzene rings is 2. The quantitative estimate of drug-likeness (QED) is 0.478. The maximum atomic E-state index is 13.3. The molecule has 1 atom stereocenters. The summed E-state index contributed by atoms with van der Waals surface area (Å²) in [6.45, 7) is 5.82. The molecule has 3 amide bonds. The molecule has 0 aliphatic carbocycles. The number of nitrogens with one attached hydrogen (secondary N) is 1. The van der Waals surface area contributed by atoms with Gasteiger partial charge in [0.15, 0.2) is 0 Å². The number of rotatable bonds is 8. The number of methoxy groups -OCH3 is 1. The number of esters is 1. The number of hydrogen-bond acceptors (Lipinski definition) is 6. The predicted molar refractivity (Wildman–Crippen MR) is 144 cm³/mol. The molecule has 41 heavy (non-hydrogen) atoms. The summed E-state index contributed by atoms with van der Waals surface area (Å²) in [6, 6.07) is 9.85. The van der Waals surface area contributed by atoms with Crippen LogP contribution in [-0.2, 0) is 15.7 Å². The van der Waals surface area contributed by atoms with E-state index in [0.717, 1.165) is 12.1 Å². The molecule has 0 aromatic heterocycles. The third-order valence-corrected chi connectivity index (χ3v) is 7.17. The number of amides is 3. The number of nitrogens with zero attached hydrogens (tertiary/aromatic N) is 3. The molecule has 0 bridgehead atoms. The molecule has 2 aromatic rings. The molecule has 0 spiro atoms. The maximum absolute atomic E-state index is 13.3. The Bertz CT molecular complexity index is 1300. The second-order valence-corrected chi connectivity index (χ2v) is 9.63. The van der Waals surface area contributed by atoms with Gasteiger partial charge in [0.25, 0.3) is 5.91 Å². The largest absolute Gasteiger partial charge is 0.497 e. The van der Waals surface area contributed by atoms with E-state index in [0.29, 0.717) is 48.8 Å². The molecule has 2 heterocycles. The second kappa shape index (κ2) is 12.6. The number of ether oxygens (including phenoxy) is 2. The van der Waals surface area contributed by atoms with Crippen molar-refractivity contribution in [3.63, 3.8) is 0 Å². The van der Waals surface area contributed by atoms with Gasteiger partial charge in [0.1, 0.15) is 5.75 Å². The van der Waals surface area contributed by atoms with Crippen molar-refractivity contribution in [2.75, 3.05) is 53.0 Å². The van der Waals surface area contributed by atoms with Crippen LogP contribution in [0.4, 0.5) is 18.0 Å². The van der Waals surface area contributed by atoms with E-state index < -0.39 is 29.8 Å². The van der Waals surface area contributed by atoms with Crippen molar-refractivity contribution in [2.45, 2.75) is 26.1 Å². The molecule has 2 aliphatic rings. The summed E-state index contributed by atoms with van der Waals surface area (Å²) < 4.78 is 50.0. The predicted octanol–water partition coefficient (Wildman–Crippen LogP) is 4.08. The molecule has 220 valence electrons. The van der Waals surface area contributed by atoms with Crippen molar-refractivity contribution in [3.05, 3.63) is 76.5 Å². The number of carbonyl (C=O) groups is 3. The fourth-order valence-corrected chi connectivity index (χ4v) is 5.03. The number of hydrogen-bond donors (Lipinski definition) is 1. The Morgan fingerprint density at radius 2 is 1.71 bits per heavy atom. The third-order valence-electron chi connectivity index (χ3n) is 7.17. The van der Waals surface area contributed by atoms with Gasteiger partial charge in [0.05, 0.1) is 30.9 Å². The van der Waals surface area contributed by atoms with Crippen molar-refractivity contribution in [1.82, 2.24) is 20.0 Å². The average molecular weight is 575 g/mol. The summed E-state index contributed by atoms with van der Waals surface area (Å²) >= 11 is 0. The lowest BCUT2D eigenvalue weighted by atomic mass is 9.93. The molecule has 9 nitrogen and oxygen atoms in total. The molecule has 1 saturated heterocycles. The van der Waals surface area contributed by atoms with Crippen molar-refractivity contribution in [1.29, 1.82) is 0 Å². The van der Waals surface area contributed by atoms with Crippen LogP contribution >= 0.6 is 0 Å². The van der Waals surface area contributed by atoms with Crippen LogP contribution in [0.2, 0.25) is 0 Å². The van der Waals surface area contributed by atoms with Crippen molar-refractivity contribution in [2.24, 2.45) is 0 Å². The SMILES string of the molecule is CCOC(=O)C1=C(CN2CCN(C(=O)c3cccc(OC)c3)CC2)N(CC)C(=O)NC1c1ccc(C(F)(F)F)cc1. The molecule has 12 heteroatoms. The van der Waals surface area contributed by atoms with E-state index in [-0.39, 0.29) is 31.2 Å². The highest BCUT2D eigenvalue weighted by atomic mass is 19.4. The smallest absolute Gasteiger partial charge is 0.416 e. The van der Waals surface area contributed by atoms with Crippen molar-refractivity contribution in [3.8, 4) is 5.75 Å². The van der Waals surface area contributed by atoms with E-state index in [9.17, 15) is 27.6 Å². The molecule has 1 N–H and O–H groups in total. The van der Waals surface area contributed by atoms with Crippen molar-refractivity contribution >= 4 is 17.9 Å². The Morgan fingerprint density at radius 1 is 1.02 bits per heavy atom. The van der Waals surface area contributed by atoms with E-state index in [1.165, 1.54) is 24.1 Å². The summed E-state index contributed by atoms with van der Waals surface area (Å²) in [7, 11) is 1.54. The summed E-state index contributed by atoms with van der Waals surface area (Å²) in [6.07, 6.45) is -4.52. The average Bonchev–Trinajstić information content (AvgIpc) is 2.96. The number of piperazine rings is 1. The molecule has 0 radical (unpaired) electrons. The van der Waals surface area contributed by atoms with E-state index >= 15 is 0 Å². The normalized spacial score (nSPS) is 18.3. The van der Waals surface area contributed by atoms with Crippen LogP contribution in [0.5, 0.6) is 5.75 Å². The van der Waals surface area contributed by atoms with Gasteiger partial charge in [-0.15, -0.1) is 0 Å². The number of urea groups is 1. The van der Waals surface area contributed by atoms with Gasteiger partial charge in [-0.2, -0.15) is 13.2 Å².